The fourth-order valence-electron chi connectivity index (χ4n) is 2.51. The molecule has 0 aliphatic carbocycles. The van der Waals surface area contributed by atoms with Gasteiger partial charge >= 0.3 is 0 Å². The third-order valence-electron chi connectivity index (χ3n) is 3.90. The number of halogens is 1. The lowest BCUT2D eigenvalue weighted by molar-refractivity contribution is 0.300. The van der Waals surface area contributed by atoms with Crippen LogP contribution in [0.3, 0.4) is 0 Å². The Morgan fingerprint density at radius 3 is 2.04 bits per heavy atom. The highest BCUT2D eigenvalue weighted by Gasteiger charge is 2.10. The number of hydrogen-bond donors (Lipinski definition) is 0. The van der Waals surface area contributed by atoms with Crippen LogP contribution >= 0.6 is 0 Å². The van der Waals surface area contributed by atoms with Crippen molar-refractivity contribution in [3.8, 4) is 28.7 Å². The molecule has 0 saturated heterocycles. The molecule has 1 aromatic heterocycles. The SMILES string of the molecule is Fc1ccccc1COc1ccc(-c2nnc(-c3ccccc3)o2)cc1. The van der Waals surface area contributed by atoms with E-state index in [4.69, 9.17) is 9.15 Å². The number of rotatable bonds is 5. The first-order valence-corrected chi connectivity index (χ1v) is 8.15. The predicted octanol–water partition coefficient (Wildman–Crippen LogP) is 5.12. The Kier molecular flexibility index (Phi) is 4.43. The van der Waals surface area contributed by atoms with Gasteiger partial charge in [-0.2, -0.15) is 0 Å². The molecule has 0 amide bonds. The van der Waals surface area contributed by atoms with Gasteiger partial charge < -0.3 is 9.15 Å². The first kappa shape index (κ1) is 16.0. The van der Waals surface area contributed by atoms with Crippen LogP contribution in [0, 0.1) is 5.82 Å². The fraction of sp³-hybridized carbons (Fsp3) is 0.0476. The van der Waals surface area contributed by atoms with Gasteiger partial charge in [-0.1, -0.05) is 36.4 Å². The van der Waals surface area contributed by atoms with Gasteiger partial charge in [0, 0.05) is 16.7 Å². The Bertz CT molecular complexity index is 998. The molecule has 26 heavy (non-hydrogen) atoms. The molecule has 1 heterocycles. The van der Waals surface area contributed by atoms with E-state index < -0.39 is 0 Å². The minimum atomic E-state index is -0.275. The topological polar surface area (TPSA) is 48.2 Å². The van der Waals surface area contributed by atoms with Crippen molar-refractivity contribution in [1.82, 2.24) is 10.2 Å². The van der Waals surface area contributed by atoms with Crippen LogP contribution in [0.25, 0.3) is 22.9 Å². The molecule has 0 atom stereocenters. The molecular weight excluding hydrogens is 331 g/mol. The maximum atomic E-state index is 13.6. The summed E-state index contributed by atoms with van der Waals surface area (Å²) in [6.07, 6.45) is 0. The molecule has 0 aliphatic rings. The van der Waals surface area contributed by atoms with E-state index in [9.17, 15) is 4.39 Å². The molecule has 4 aromatic rings. The summed E-state index contributed by atoms with van der Waals surface area (Å²) in [5, 5.41) is 8.17. The van der Waals surface area contributed by atoms with E-state index in [1.54, 1.807) is 30.3 Å². The van der Waals surface area contributed by atoms with Crippen molar-refractivity contribution in [2.75, 3.05) is 0 Å². The summed E-state index contributed by atoms with van der Waals surface area (Å²) in [5.41, 5.74) is 2.18. The maximum Gasteiger partial charge on any atom is 0.248 e. The van der Waals surface area contributed by atoms with Gasteiger partial charge in [0.25, 0.3) is 0 Å². The monoisotopic (exact) mass is 346 g/mol. The summed E-state index contributed by atoms with van der Waals surface area (Å²) in [6, 6.07) is 23.4. The van der Waals surface area contributed by atoms with E-state index in [1.807, 2.05) is 42.5 Å². The fourth-order valence-corrected chi connectivity index (χ4v) is 2.51. The normalized spacial score (nSPS) is 10.7. The number of aromatic nitrogens is 2. The van der Waals surface area contributed by atoms with Gasteiger partial charge in [-0.15, -0.1) is 10.2 Å². The van der Waals surface area contributed by atoms with Crippen LogP contribution in [-0.4, -0.2) is 10.2 Å². The lowest BCUT2D eigenvalue weighted by Crippen LogP contribution is -1.98. The number of ether oxygens (including phenoxy) is 1. The van der Waals surface area contributed by atoms with Crippen molar-refractivity contribution in [2.24, 2.45) is 0 Å². The van der Waals surface area contributed by atoms with Crippen LogP contribution < -0.4 is 4.74 Å². The van der Waals surface area contributed by atoms with Crippen molar-refractivity contribution in [3.05, 3.63) is 90.2 Å². The third-order valence-corrected chi connectivity index (χ3v) is 3.90. The van der Waals surface area contributed by atoms with Crippen molar-refractivity contribution in [3.63, 3.8) is 0 Å². The average Bonchev–Trinajstić information content (AvgIpc) is 3.19. The Balaban J connectivity index is 1.46. The summed E-state index contributed by atoms with van der Waals surface area (Å²) in [7, 11) is 0. The minimum absolute atomic E-state index is 0.171. The van der Waals surface area contributed by atoms with Gasteiger partial charge in [0.1, 0.15) is 18.2 Å². The predicted molar refractivity (Wildman–Crippen MR) is 95.9 cm³/mol. The molecule has 0 N–H and O–H groups in total. The van der Waals surface area contributed by atoms with Crippen molar-refractivity contribution >= 4 is 0 Å². The molecule has 0 bridgehead atoms. The van der Waals surface area contributed by atoms with Crippen molar-refractivity contribution in [2.45, 2.75) is 6.61 Å². The Hall–Kier alpha value is -3.47. The molecule has 0 unspecified atom stereocenters. The highest BCUT2D eigenvalue weighted by Crippen LogP contribution is 2.25. The molecule has 4 nitrogen and oxygen atoms in total. The van der Waals surface area contributed by atoms with Gasteiger partial charge in [0.05, 0.1) is 0 Å². The summed E-state index contributed by atoms with van der Waals surface area (Å²) in [4.78, 5) is 0. The smallest absolute Gasteiger partial charge is 0.248 e. The highest BCUT2D eigenvalue weighted by molar-refractivity contribution is 5.58. The van der Waals surface area contributed by atoms with E-state index in [0.717, 1.165) is 11.1 Å². The third kappa shape index (κ3) is 3.47. The molecule has 0 spiro atoms. The van der Waals surface area contributed by atoms with Crippen LogP contribution in [0.2, 0.25) is 0 Å². The molecular formula is C21H15FN2O2. The largest absolute Gasteiger partial charge is 0.489 e. The van der Waals surface area contributed by atoms with Gasteiger partial charge in [0.15, 0.2) is 0 Å². The minimum Gasteiger partial charge on any atom is -0.489 e. The Labute approximate surface area is 149 Å². The first-order chi connectivity index (χ1) is 12.8. The van der Waals surface area contributed by atoms with Crippen LogP contribution in [0.4, 0.5) is 4.39 Å². The first-order valence-electron chi connectivity index (χ1n) is 8.15. The van der Waals surface area contributed by atoms with E-state index in [0.29, 0.717) is 23.1 Å². The summed E-state index contributed by atoms with van der Waals surface area (Å²) < 4.78 is 25.0. The zero-order chi connectivity index (χ0) is 17.8. The zero-order valence-corrected chi connectivity index (χ0v) is 13.8. The van der Waals surface area contributed by atoms with Crippen molar-refractivity contribution < 1.29 is 13.5 Å². The second kappa shape index (κ2) is 7.19. The van der Waals surface area contributed by atoms with Crippen molar-refractivity contribution in [1.29, 1.82) is 0 Å². The molecule has 3 aromatic carbocycles. The Morgan fingerprint density at radius 2 is 1.35 bits per heavy atom. The summed E-state index contributed by atoms with van der Waals surface area (Å²) >= 11 is 0. The van der Waals surface area contributed by atoms with E-state index >= 15 is 0 Å². The second-order valence-corrected chi connectivity index (χ2v) is 5.68. The average molecular weight is 346 g/mol. The van der Waals surface area contributed by atoms with Crippen LogP contribution in [0.5, 0.6) is 5.75 Å². The van der Waals surface area contributed by atoms with Crippen LogP contribution in [0.15, 0.2) is 83.3 Å². The maximum absolute atomic E-state index is 13.6. The molecule has 0 saturated carbocycles. The molecule has 0 fully saturated rings. The molecule has 0 radical (unpaired) electrons. The second-order valence-electron chi connectivity index (χ2n) is 5.68. The standard InChI is InChI=1S/C21H15FN2O2/c22-19-9-5-4-8-17(19)14-25-18-12-10-16(11-13-18)21-24-23-20(26-21)15-6-2-1-3-7-15/h1-13H,14H2. The highest BCUT2D eigenvalue weighted by atomic mass is 19.1. The lowest BCUT2D eigenvalue weighted by atomic mass is 10.2. The molecule has 5 heteroatoms. The lowest BCUT2D eigenvalue weighted by Gasteiger charge is -2.07. The van der Waals surface area contributed by atoms with E-state index in [-0.39, 0.29) is 12.4 Å². The Morgan fingerprint density at radius 1 is 0.731 bits per heavy atom. The van der Waals surface area contributed by atoms with Gasteiger partial charge in [0.2, 0.25) is 11.8 Å². The summed E-state index contributed by atoms with van der Waals surface area (Å²) in [5.74, 6) is 1.27. The van der Waals surface area contributed by atoms with Gasteiger partial charge in [-0.05, 0) is 42.5 Å². The number of benzene rings is 3. The van der Waals surface area contributed by atoms with E-state index in [2.05, 4.69) is 10.2 Å². The van der Waals surface area contributed by atoms with Crippen LogP contribution in [0.1, 0.15) is 5.56 Å². The molecule has 0 aliphatic heterocycles. The van der Waals surface area contributed by atoms with Gasteiger partial charge in [-0.3, -0.25) is 0 Å². The summed E-state index contributed by atoms with van der Waals surface area (Å²) in [6.45, 7) is 0.171. The number of hydrogen-bond acceptors (Lipinski definition) is 4. The molecule has 4 rings (SSSR count). The van der Waals surface area contributed by atoms with Crippen LogP contribution in [-0.2, 0) is 6.61 Å². The number of nitrogens with zero attached hydrogens (tertiary/aromatic N) is 2. The van der Waals surface area contributed by atoms with Gasteiger partial charge in [-0.25, -0.2) is 4.39 Å². The molecule has 128 valence electrons. The van der Waals surface area contributed by atoms with E-state index in [1.165, 1.54) is 6.07 Å². The zero-order valence-electron chi connectivity index (χ0n) is 13.8. The quantitative estimate of drug-likeness (QED) is 0.503.